The summed E-state index contributed by atoms with van der Waals surface area (Å²) in [5, 5.41) is 8.66. The number of benzene rings is 1. The second kappa shape index (κ2) is 6.34. The van der Waals surface area contributed by atoms with Crippen molar-refractivity contribution in [3.63, 3.8) is 0 Å². The van der Waals surface area contributed by atoms with E-state index in [1.807, 2.05) is 36.4 Å². The summed E-state index contributed by atoms with van der Waals surface area (Å²) in [5.74, 6) is -1.04. The smallest absolute Gasteiger partial charge is 0.323 e. The van der Waals surface area contributed by atoms with E-state index in [-0.39, 0.29) is 12.1 Å². The lowest BCUT2D eigenvalue weighted by atomic mass is 10.1. The molecule has 0 saturated heterocycles. The number of carboxylic acid groups (broad SMARTS) is 1. The molecule has 0 fully saturated rings. The van der Waals surface area contributed by atoms with Crippen molar-refractivity contribution in [2.24, 2.45) is 0 Å². The molecule has 0 radical (unpaired) electrons. The summed E-state index contributed by atoms with van der Waals surface area (Å²) in [4.78, 5) is 22.3. The van der Waals surface area contributed by atoms with Crippen LogP contribution >= 0.6 is 15.9 Å². The highest BCUT2D eigenvalue weighted by atomic mass is 79.9. The van der Waals surface area contributed by atoms with Crippen LogP contribution in [0.5, 0.6) is 0 Å². The highest BCUT2D eigenvalue weighted by molar-refractivity contribution is 9.10. The topological polar surface area (TPSA) is 59.3 Å². The Balaban J connectivity index is 2.18. The van der Waals surface area contributed by atoms with Gasteiger partial charge in [0.25, 0.3) is 5.56 Å². The van der Waals surface area contributed by atoms with Crippen molar-refractivity contribution in [3.8, 4) is 0 Å². The Morgan fingerprint density at radius 2 is 1.80 bits per heavy atom. The number of carbonyl (C=O) groups is 1. The highest BCUT2D eigenvalue weighted by Crippen LogP contribution is 2.12. The number of aromatic nitrogens is 1. The van der Waals surface area contributed by atoms with Gasteiger partial charge >= 0.3 is 5.97 Å². The Labute approximate surface area is 124 Å². The minimum absolute atomic E-state index is 0.324. The minimum Gasteiger partial charge on any atom is -0.480 e. The van der Waals surface area contributed by atoms with Gasteiger partial charge in [-0.25, -0.2) is 0 Å². The van der Waals surface area contributed by atoms with Crippen molar-refractivity contribution in [1.29, 1.82) is 0 Å². The van der Waals surface area contributed by atoms with Gasteiger partial charge in [0.05, 0.1) is 0 Å². The van der Waals surface area contributed by atoms with E-state index in [4.69, 9.17) is 5.11 Å². The molecule has 0 saturated carbocycles. The summed E-state index contributed by atoms with van der Waals surface area (Å²) < 4.78 is 2.16. The number of rotatable bonds is 4. The number of carboxylic acids is 1. The zero-order valence-electron chi connectivity index (χ0n) is 10.5. The molecule has 0 bridgehead atoms. The van der Waals surface area contributed by atoms with Crippen LogP contribution in [0, 0.1) is 0 Å². The Kier molecular flexibility index (Phi) is 4.53. The lowest BCUT2D eigenvalue weighted by Crippen LogP contribution is -2.22. The Bertz CT molecular complexity index is 702. The second-order valence-electron chi connectivity index (χ2n) is 4.20. The number of halogens is 1. The van der Waals surface area contributed by atoms with E-state index in [1.54, 1.807) is 6.07 Å². The van der Waals surface area contributed by atoms with E-state index in [0.717, 1.165) is 20.2 Å². The molecule has 5 heteroatoms. The average molecular weight is 334 g/mol. The molecule has 0 amide bonds. The van der Waals surface area contributed by atoms with Gasteiger partial charge in [-0.1, -0.05) is 40.2 Å². The maximum atomic E-state index is 11.7. The van der Waals surface area contributed by atoms with Gasteiger partial charge in [-0.15, -0.1) is 0 Å². The molecule has 2 rings (SSSR count). The van der Waals surface area contributed by atoms with Crippen LogP contribution in [-0.4, -0.2) is 15.6 Å². The molecule has 102 valence electrons. The second-order valence-corrected chi connectivity index (χ2v) is 5.12. The lowest BCUT2D eigenvalue weighted by molar-refractivity contribution is -0.137. The predicted molar refractivity (Wildman–Crippen MR) is 81.4 cm³/mol. The largest absolute Gasteiger partial charge is 0.480 e. The first-order valence-corrected chi connectivity index (χ1v) is 6.70. The fourth-order valence-corrected chi connectivity index (χ4v) is 1.93. The van der Waals surface area contributed by atoms with E-state index < -0.39 is 5.97 Å². The summed E-state index contributed by atoms with van der Waals surface area (Å²) in [6.07, 6.45) is 5.19. The first-order chi connectivity index (χ1) is 9.54. The summed E-state index contributed by atoms with van der Waals surface area (Å²) >= 11 is 3.36. The van der Waals surface area contributed by atoms with Crippen molar-refractivity contribution in [1.82, 2.24) is 4.57 Å². The van der Waals surface area contributed by atoms with Crippen LogP contribution in [0.15, 0.2) is 51.9 Å². The molecule has 0 aliphatic rings. The Morgan fingerprint density at radius 1 is 1.15 bits per heavy atom. The highest BCUT2D eigenvalue weighted by Gasteiger charge is 2.01. The molecule has 2 aromatic rings. The van der Waals surface area contributed by atoms with Gasteiger partial charge in [0.1, 0.15) is 6.54 Å². The average Bonchev–Trinajstić information content (AvgIpc) is 2.40. The molecule has 0 spiro atoms. The van der Waals surface area contributed by atoms with Crippen molar-refractivity contribution >= 4 is 34.1 Å². The number of pyridine rings is 1. The maximum absolute atomic E-state index is 11.7. The van der Waals surface area contributed by atoms with E-state index in [2.05, 4.69) is 15.9 Å². The van der Waals surface area contributed by atoms with E-state index in [9.17, 15) is 9.59 Å². The van der Waals surface area contributed by atoms with Crippen LogP contribution in [0.3, 0.4) is 0 Å². The van der Waals surface area contributed by atoms with Crippen molar-refractivity contribution < 1.29 is 9.90 Å². The van der Waals surface area contributed by atoms with Gasteiger partial charge in [0, 0.05) is 16.7 Å². The van der Waals surface area contributed by atoms with Gasteiger partial charge in [-0.05, 0) is 29.3 Å². The summed E-state index contributed by atoms with van der Waals surface area (Å²) in [6.45, 7) is -0.324. The van der Waals surface area contributed by atoms with Crippen LogP contribution in [-0.2, 0) is 11.3 Å². The first kappa shape index (κ1) is 14.3. The zero-order valence-corrected chi connectivity index (χ0v) is 12.1. The molecular formula is C15H12BrNO3. The molecule has 0 unspecified atom stereocenters. The quantitative estimate of drug-likeness (QED) is 0.935. The molecule has 0 aliphatic heterocycles. The summed E-state index contributed by atoms with van der Waals surface area (Å²) in [7, 11) is 0. The SMILES string of the molecule is O=C(O)Cn1ccc(/C=C/c2ccc(Br)cc2)cc1=O. The van der Waals surface area contributed by atoms with Crippen LogP contribution < -0.4 is 5.56 Å². The van der Waals surface area contributed by atoms with Gasteiger partial charge in [0.15, 0.2) is 0 Å². The molecule has 1 aromatic heterocycles. The van der Waals surface area contributed by atoms with Crippen molar-refractivity contribution in [2.75, 3.05) is 0 Å². The Hall–Kier alpha value is -2.14. The third-order valence-corrected chi connectivity index (χ3v) is 3.19. The van der Waals surface area contributed by atoms with Crippen LogP contribution in [0.4, 0.5) is 0 Å². The van der Waals surface area contributed by atoms with Crippen LogP contribution in [0.25, 0.3) is 12.2 Å². The fourth-order valence-electron chi connectivity index (χ4n) is 1.67. The van der Waals surface area contributed by atoms with Gasteiger partial charge in [-0.3, -0.25) is 9.59 Å². The van der Waals surface area contributed by atoms with Crippen molar-refractivity contribution in [3.05, 3.63) is 68.5 Å². The minimum atomic E-state index is -1.04. The van der Waals surface area contributed by atoms with Crippen molar-refractivity contribution in [2.45, 2.75) is 6.54 Å². The predicted octanol–water partition coefficient (Wildman–Crippen LogP) is 2.87. The fraction of sp³-hybridized carbons (Fsp3) is 0.0667. The van der Waals surface area contributed by atoms with Crippen LogP contribution in [0.2, 0.25) is 0 Å². The molecule has 0 aliphatic carbocycles. The third-order valence-electron chi connectivity index (χ3n) is 2.66. The van der Waals surface area contributed by atoms with Gasteiger partial charge in [-0.2, -0.15) is 0 Å². The normalized spacial score (nSPS) is 10.8. The molecule has 1 N–H and O–H groups in total. The summed E-state index contributed by atoms with van der Waals surface area (Å²) in [6, 6.07) is 10.9. The lowest BCUT2D eigenvalue weighted by Gasteiger charge is -2.01. The van der Waals surface area contributed by atoms with E-state index in [1.165, 1.54) is 12.3 Å². The molecular weight excluding hydrogens is 322 g/mol. The van der Waals surface area contributed by atoms with Gasteiger partial charge in [0.2, 0.25) is 0 Å². The molecule has 4 nitrogen and oxygen atoms in total. The monoisotopic (exact) mass is 333 g/mol. The maximum Gasteiger partial charge on any atom is 0.323 e. The standard InChI is InChI=1S/C15H12BrNO3/c16-13-5-3-11(4-6-13)1-2-12-7-8-17(10-15(19)20)14(18)9-12/h1-9H,10H2,(H,19,20)/b2-1+. The molecule has 1 heterocycles. The number of nitrogens with zero attached hydrogens (tertiary/aromatic N) is 1. The molecule has 20 heavy (non-hydrogen) atoms. The Morgan fingerprint density at radius 3 is 2.40 bits per heavy atom. The van der Waals surface area contributed by atoms with Gasteiger partial charge < -0.3 is 9.67 Å². The molecule has 0 atom stereocenters. The summed E-state index contributed by atoms with van der Waals surface area (Å²) in [5.41, 5.74) is 1.42. The molecule has 1 aromatic carbocycles. The zero-order chi connectivity index (χ0) is 14.5. The number of aliphatic carboxylic acids is 1. The third kappa shape index (κ3) is 3.93. The number of hydrogen-bond acceptors (Lipinski definition) is 2. The van der Waals surface area contributed by atoms with E-state index in [0.29, 0.717) is 0 Å². The van der Waals surface area contributed by atoms with Crippen LogP contribution in [0.1, 0.15) is 11.1 Å². The number of hydrogen-bond donors (Lipinski definition) is 1. The first-order valence-electron chi connectivity index (χ1n) is 5.90. The van der Waals surface area contributed by atoms with E-state index >= 15 is 0 Å².